The maximum atomic E-state index is 5.81. The Morgan fingerprint density at radius 1 is 1.43 bits per heavy atom. The van der Waals surface area contributed by atoms with Gasteiger partial charge in [-0.05, 0) is 33.9 Å². The van der Waals surface area contributed by atoms with Crippen molar-refractivity contribution < 1.29 is 0 Å². The SMILES string of the molecule is CCCN1CC(C)(C)N(C)CC1CN. The second kappa shape index (κ2) is 4.60. The van der Waals surface area contributed by atoms with Gasteiger partial charge in [-0.25, -0.2) is 0 Å². The molecule has 1 unspecified atom stereocenters. The fraction of sp³-hybridized carbons (Fsp3) is 1.00. The topological polar surface area (TPSA) is 32.5 Å². The number of hydrogen-bond acceptors (Lipinski definition) is 3. The van der Waals surface area contributed by atoms with Gasteiger partial charge in [0.05, 0.1) is 0 Å². The van der Waals surface area contributed by atoms with E-state index in [0.717, 1.165) is 19.6 Å². The van der Waals surface area contributed by atoms with Crippen LogP contribution in [0.2, 0.25) is 0 Å². The Labute approximate surface area is 88.2 Å². The number of piperazine rings is 1. The standard InChI is InChI=1S/C11H25N3/c1-5-6-14-9-11(2,3)13(4)8-10(14)7-12/h10H,5-9,12H2,1-4H3. The summed E-state index contributed by atoms with van der Waals surface area (Å²) in [6.45, 7) is 11.0. The molecule has 14 heavy (non-hydrogen) atoms. The number of hydrogen-bond donors (Lipinski definition) is 1. The van der Waals surface area contributed by atoms with Gasteiger partial charge in [0, 0.05) is 31.2 Å². The van der Waals surface area contributed by atoms with E-state index in [2.05, 4.69) is 37.6 Å². The first kappa shape index (κ1) is 12.0. The van der Waals surface area contributed by atoms with Gasteiger partial charge in [0.25, 0.3) is 0 Å². The normalized spacial score (nSPS) is 29.4. The van der Waals surface area contributed by atoms with Gasteiger partial charge in [-0.1, -0.05) is 6.92 Å². The van der Waals surface area contributed by atoms with Crippen molar-refractivity contribution in [3.63, 3.8) is 0 Å². The first-order valence-electron chi connectivity index (χ1n) is 5.66. The molecule has 1 fully saturated rings. The summed E-state index contributed by atoms with van der Waals surface area (Å²) in [7, 11) is 2.20. The maximum absolute atomic E-state index is 5.81. The molecule has 3 heteroatoms. The highest BCUT2D eigenvalue weighted by Crippen LogP contribution is 2.22. The van der Waals surface area contributed by atoms with Crippen molar-refractivity contribution in [3.05, 3.63) is 0 Å². The fourth-order valence-electron chi connectivity index (χ4n) is 2.20. The van der Waals surface area contributed by atoms with Crippen LogP contribution in [-0.2, 0) is 0 Å². The highest BCUT2D eigenvalue weighted by Gasteiger charge is 2.35. The molecule has 0 amide bonds. The van der Waals surface area contributed by atoms with Crippen LogP contribution in [0.1, 0.15) is 27.2 Å². The molecule has 3 nitrogen and oxygen atoms in total. The minimum Gasteiger partial charge on any atom is -0.329 e. The lowest BCUT2D eigenvalue weighted by molar-refractivity contribution is 0.00213. The van der Waals surface area contributed by atoms with Gasteiger partial charge in [0.1, 0.15) is 0 Å². The first-order chi connectivity index (χ1) is 6.51. The third kappa shape index (κ3) is 2.47. The van der Waals surface area contributed by atoms with E-state index in [1.165, 1.54) is 13.0 Å². The predicted molar refractivity (Wildman–Crippen MR) is 61.4 cm³/mol. The average Bonchev–Trinajstić information content (AvgIpc) is 2.11. The number of nitrogens with zero attached hydrogens (tertiary/aromatic N) is 2. The second-order valence-electron chi connectivity index (χ2n) is 5.05. The molecule has 0 bridgehead atoms. The summed E-state index contributed by atoms with van der Waals surface area (Å²) >= 11 is 0. The van der Waals surface area contributed by atoms with Gasteiger partial charge in [-0.15, -0.1) is 0 Å². The van der Waals surface area contributed by atoms with Gasteiger partial charge in [0.2, 0.25) is 0 Å². The third-order valence-electron chi connectivity index (χ3n) is 3.41. The molecule has 0 saturated carbocycles. The molecule has 0 aromatic heterocycles. The maximum Gasteiger partial charge on any atom is 0.0346 e. The minimum absolute atomic E-state index is 0.292. The number of likely N-dealkylation sites (N-methyl/N-ethyl adjacent to an activating group) is 1. The van der Waals surface area contributed by atoms with Crippen LogP contribution >= 0.6 is 0 Å². The van der Waals surface area contributed by atoms with Gasteiger partial charge < -0.3 is 5.73 Å². The first-order valence-corrected chi connectivity index (χ1v) is 5.66. The van der Waals surface area contributed by atoms with Crippen LogP contribution in [-0.4, -0.2) is 54.6 Å². The zero-order chi connectivity index (χ0) is 10.8. The highest BCUT2D eigenvalue weighted by atomic mass is 15.3. The molecule has 1 aliphatic rings. The summed E-state index contributed by atoms with van der Waals surface area (Å²) in [4.78, 5) is 4.97. The number of nitrogens with two attached hydrogens (primary N) is 1. The summed E-state index contributed by atoms with van der Waals surface area (Å²) < 4.78 is 0. The lowest BCUT2D eigenvalue weighted by Gasteiger charge is -2.49. The van der Waals surface area contributed by atoms with Crippen LogP contribution in [0.25, 0.3) is 0 Å². The van der Waals surface area contributed by atoms with Crippen molar-refractivity contribution in [3.8, 4) is 0 Å². The Morgan fingerprint density at radius 2 is 2.07 bits per heavy atom. The molecule has 1 heterocycles. The van der Waals surface area contributed by atoms with E-state index >= 15 is 0 Å². The van der Waals surface area contributed by atoms with Gasteiger partial charge in [0.15, 0.2) is 0 Å². The second-order valence-corrected chi connectivity index (χ2v) is 5.05. The van der Waals surface area contributed by atoms with Crippen molar-refractivity contribution in [2.24, 2.45) is 5.73 Å². The summed E-state index contributed by atoms with van der Waals surface area (Å²) in [5.74, 6) is 0. The quantitative estimate of drug-likeness (QED) is 0.728. The van der Waals surface area contributed by atoms with Gasteiger partial charge in [-0.3, -0.25) is 9.80 Å². The van der Waals surface area contributed by atoms with Crippen molar-refractivity contribution in [1.82, 2.24) is 9.80 Å². The summed E-state index contributed by atoms with van der Waals surface area (Å²) in [6.07, 6.45) is 1.22. The van der Waals surface area contributed by atoms with Gasteiger partial charge in [-0.2, -0.15) is 0 Å². The lowest BCUT2D eigenvalue weighted by Crippen LogP contribution is -2.63. The van der Waals surface area contributed by atoms with Crippen molar-refractivity contribution >= 4 is 0 Å². The van der Waals surface area contributed by atoms with Gasteiger partial charge >= 0.3 is 0 Å². The highest BCUT2D eigenvalue weighted by molar-refractivity contribution is 4.93. The van der Waals surface area contributed by atoms with Crippen molar-refractivity contribution in [2.45, 2.75) is 38.8 Å². The van der Waals surface area contributed by atoms with E-state index in [1.54, 1.807) is 0 Å². The molecular formula is C11H25N3. The van der Waals surface area contributed by atoms with Crippen LogP contribution in [0.15, 0.2) is 0 Å². The van der Waals surface area contributed by atoms with Crippen LogP contribution in [0, 0.1) is 0 Å². The molecule has 1 rings (SSSR count). The van der Waals surface area contributed by atoms with E-state index in [9.17, 15) is 0 Å². The van der Waals surface area contributed by atoms with Crippen molar-refractivity contribution in [1.29, 1.82) is 0 Å². The van der Waals surface area contributed by atoms with Crippen molar-refractivity contribution in [2.75, 3.05) is 33.2 Å². The molecule has 1 atom stereocenters. The molecule has 1 saturated heterocycles. The average molecular weight is 199 g/mol. The van der Waals surface area contributed by atoms with E-state index < -0.39 is 0 Å². The van der Waals surface area contributed by atoms with E-state index in [-0.39, 0.29) is 0 Å². The predicted octanol–water partition coefficient (Wildman–Crippen LogP) is 0.750. The Hall–Kier alpha value is -0.120. The molecular weight excluding hydrogens is 174 g/mol. The summed E-state index contributed by atoms with van der Waals surface area (Å²) in [5, 5.41) is 0. The molecule has 0 aromatic rings. The van der Waals surface area contributed by atoms with E-state index in [0.29, 0.717) is 11.6 Å². The lowest BCUT2D eigenvalue weighted by atomic mass is 9.96. The van der Waals surface area contributed by atoms with E-state index in [1.807, 2.05) is 0 Å². The summed E-state index contributed by atoms with van der Waals surface area (Å²) in [5.41, 5.74) is 6.10. The molecule has 0 aromatic carbocycles. The monoisotopic (exact) mass is 199 g/mol. The third-order valence-corrected chi connectivity index (χ3v) is 3.41. The number of rotatable bonds is 3. The summed E-state index contributed by atoms with van der Waals surface area (Å²) in [6, 6.07) is 0.549. The zero-order valence-corrected chi connectivity index (χ0v) is 10.1. The molecule has 84 valence electrons. The van der Waals surface area contributed by atoms with Crippen LogP contribution in [0.3, 0.4) is 0 Å². The Kier molecular flexibility index (Phi) is 3.93. The smallest absolute Gasteiger partial charge is 0.0346 e. The molecule has 0 radical (unpaired) electrons. The van der Waals surface area contributed by atoms with Crippen LogP contribution < -0.4 is 5.73 Å². The van der Waals surface area contributed by atoms with Crippen LogP contribution in [0.4, 0.5) is 0 Å². The molecule has 0 aliphatic carbocycles. The Balaban J connectivity index is 2.64. The zero-order valence-electron chi connectivity index (χ0n) is 10.1. The minimum atomic E-state index is 0.292. The fourth-order valence-corrected chi connectivity index (χ4v) is 2.20. The molecule has 0 spiro atoms. The van der Waals surface area contributed by atoms with E-state index in [4.69, 9.17) is 5.73 Å². The molecule has 1 aliphatic heterocycles. The van der Waals surface area contributed by atoms with Crippen LogP contribution in [0.5, 0.6) is 0 Å². The Morgan fingerprint density at radius 3 is 2.57 bits per heavy atom. The molecule has 2 N–H and O–H groups in total. The Bertz CT molecular complexity index is 179. The largest absolute Gasteiger partial charge is 0.329 e.